The molecule has 0 saturated carbocycles. The Hall–Kier alpha value is -1.98. The first kappa shape index (κ1) is 19.3. The van der Waals surface area contributed by atoms with Crippen molar-refractivity contribution in [3.05, 3.63) is 65.7 Å². The fraction of sp³-hybridized carbons (Fsp3) is 0.350. The summed E-state index contributed by atoms with van der Waals surface area (Å²) in [6.45, 7) is 5.48. The molecule has 2 rings (SSSR count). The number of carbonyl (C=O) groups is 1. The second-order valence-corrected chi connectivity index (χ2v) is 8.28. The highest BCUT2D eigenvalue weighted by Crippen LogP contribution is 2.15. The number of benzene rings is 2. The molecular weight excluding hydrogens is 334 g/mol. The zero-order valence-corrected chi connectivity index (χ0v) is 15.7. The fourth-order valence-electron chi connectivity index (χ4n) is 2.59. The lowest BCUT2D eigenvalue weighted by atomic mass is 9.97. The number of rotatable bonds is 8. The van der Waals surface area contributed by atoms with Crippen LogP contribution in [0.4, 0.5) is 0 Å². The molecular formula is C20H25NO3S. The highest BCUT2D eigenvalue weighted by atomic mass is 32.2. The Morgan fingerprint density at radius 1 is 1.00 bits per heavy atom. The van der Waals surface area contributed by atoms with Crippen molar-refractivity contribution in [1.29, 1.82) is 0 Å². The minimum Gasteiger partial charge on any atom is -0.298 e. The third kappa shape index (κ3) is 5.51. The average Bonchev–Trinajstić information content (AvgIpc) is 2.59. The number of nitrogens with one attached hydrogen (secondary N) is 1. The van der Waals surface area contributed by atoms with Crippen molar-refractivity contribution >= 4 is 15.8 Å². The quantitative estimate of drug-likeness (QED) is 0.784. The van der Waals surface area contributed by atoms with Crippen LogP contribution < -0.4 is 4.72 Å². The van der Waals surface area contributed by atoms with Gasteiger partial charge in [-0.1, -0.05) is 61.9 Å². The highest BCUT2D eigenvalue weighted by molar-refractivity contribution is 7.89. The van der Waals surface area contributed by atoms with Crippen molar-refractivity contribution in [3.63, 3.8) is 0 Å². The third-order valence-corrected chi connectivity index (χ3v) is 5.59. The first-order valence-corrected chi connectivity index (χ1v) is 9.94. The summed E-state index contributed by atoms with van der Waals surface area (Å²) in [5.41, 5.74) is 2.07. The molecule has 5 heteroatoms. The molecule has 2 aromatic rings. The van der Waals surface area contributed by atoms with E-state index in [-0.39, 0.29) is 16.6 Å². The van der Waals surface area contributed by atoms with Crippen molar-refractivity contribution in [2.45, 2.75) is 44.6 Å². The average molecular weight is 359 g/mol. The van der Waals surface area contributed by atoms with Crippen molar-refractivity contribution in [1.82, 2.24) is 4.72 Å². The molecule has 0 aliphatic rings. The van der Waals surface area contributed by atoms with Gasteiger partial charge in [0, 0.05) is 5.92 Å². The second kappa shape index (κ2) is 8.41. The van der Waals surface area contributed by atoms with E-state index in [1.54, 1.807) is 38.1 Å². The van der Waals surface area contributed by atoms with E-state index in [4.69, 9.17) is 0 Å². The first-order valence-electron chi connectivity index (χ1n) is 8.46. The topological polar surface area (TPSA) is 63.2 Å². The molecule has 0 spiro atoms. The lowest BCUT2D eigenvalue weighted by Gasteiger charge is -2.20. The molecule has 0 fully saturated rings. The Morgan fingerprint density at radius 2 is 1.60 bits per heavy atom. The molecule has 0 heterocycles. The van der Waals surface area contributed by atoms with Gasteiger partial charge in [-0.2, -0.15) is 0 Å². The lowest BCUT2D eigenvalue weighted by Crippen LogP contribution is -2.42. The van der Waals surface area contributed by atoms with Gasteiger partial charge in [0.15, 0.2) is 5.78 Å². The van der Waals surface area contributed by atoms with Crippen LogP contribution in [0.15, 0.2) is 59.5 Å². The van der Waals surface area contributed by atoms with E-state index >= 15 is 0 Å². The number of sulfonamides is 1. The molecule has 1 N–H and O–H groups in total. The summed E-state index contributed by atoms with van der Waals surface area (Å²) in [5, 5.41) is 0. The van der Waals surface area contributed by atoms with E-state index in [9.17, 15) is 13.2 Å². The zero-order valence-electron chi connectivity index (χ0n) is 14.9. The molecule has 1 atom stereocenters. The predicted octanol–water partition coefficient (Wildman–Crippen LogP) is 3.50. The van der Waals surface area contributed by atoms with Gasteiger partial charge >= 0.3 is 0 Å². The van der Waals surface area contributed by atoms with E-state index in [2.05, 4.69) is 4.72 Å². The molecule has 134 valence electrons. The van der Waals surface area contributed by atoms with Crippen LogP contribution in [-0.2, 0) is 21.2 Å². The molecule has 0 radical (unpaired) electrons. The number of hydrogen-bond acceptors (Lipinski definition) is 3. The van der Waals surface area contributed by atoms with Crippen molar-refractivity contribution in [2.24, 2.45) is 5.92 Å². The number of Topliss-reactive ketones (excluding diaryl/α,β-unsaturated/α-hetero) is 1. The number of hydrogen-bond donors (Lipinski definition) is 1. The highest BCUT2D eigenvalue weighted by Gasteiger charge is 2.27. The van der Waals surface area contributed by atoms with Gasteiger partial charge in [-0.05, 0) is 37.5 Å². The van der Waals surface area contributed by atoms with Crippen LogP contribution in [-0.4, -0.2) is 20.2 Å². The van der Waals surface area contributed by atoms with E-state index in [1.807, 2.05) is 37.3 Å². The molecule has 0 aromatic heterocycles. The Morgan fingerprint density at radius 3 is 2.16 bits per heavy atom. The van der Waals surface area contributed by atoms with E-state index < -0.39 is 16.1 Å². The molecule has 0 unspecified atom stereocenters. The predicted molar refractivity (Wildman–Crippen MR) is 99.9 cm³/mol. The van der Waals surface area contributed by atoms with Gasteiger partial charge in [0.05, 0.1) is 10.9 Å². The van der Waals surface area contributed by atoms with E-state index in [0.717, 1.165) is 11.1 Å². The maximum Gasteiger partial charge on any atom is 0.241 e. The van der Waals surface area contributed by atoms with Crippen LogP contribution in [0, 0.1) is 12.8 Å². The summed E-state index contributed by atoms with van der Waals surface area (Å²) in [6, 6.07) is 15.6. The van der Waals surface area contributed by atoms with Crippen LogP contribution in [0.1, 0.15) is 31.4 Å². The lowest BCUT2D eigenvalue weighted by molar-refractivity contribution is -0.123. The van der Waals surface area contributed by atoms with Crippen molar-refractivity contribution < 1.29 is 13.2 Å². The Kier molecular flexibility index (Phi) is 6.51. The Balaban J connectivity index is 2.17. The summed E-state index contributed by atoms with van der Waals surface area (Å²) < 4.78 is 27.9. The van der Waals surface area contributed by atoms with Crippen molar-refractivity contribution in [2.75, 3.05) is 0 Å². The standard InChI is InChI=1S/C20H25NO3S/c1-15(2)20(22)19(14-11-17-7-5-4-6-8-17)21-25(23,24)18-12-9-16(3)10-13-18/h4-10,12-13,15,19,21H,11,14H2,1-3H3/t19-/m0/s1. The SMILES string of the molecule is Cc1ccc(S(=O)(=O)N[C@@H](CCc2ccccc2)C(=O)C(C)C)cc1. The van der Waals surface area contributed by atoms with Gasteiger partial charge in [0.1, 0.15) is 0 Å². The Labute approximate surface area is 150 Å². The fourth-order valence-corrected chi connectivity index (χ4v) is 3.83. The molecule has 4 nitrogen and oxygen atoms in total. The van der Waals surface area contributed by atoms with Gasteiger partial charge in [0.2, 0.25) is 10.0 Å². The van der Waals surface area contributed by atoms with Gasteiger partial charge in [0.25, 0.3) is 0 Å². The normalized spacial score (nSPS) is 13.0. The summed E-state index contributed by atoms with van der Waals surface area (Å²) in [4.78, 5) is 12.7. The number of aryl methyl sites for hydroxylation is 2. The largest absolute Gasteiger partial charge is 0.298 e. The third-order valence-electron chi connectivity index (χ3n) is 4.11. The molecule has 0 saturated heterocycles. The summed E-state index contributed by atoms with van der Waals surface area (Å²) in [5.74, 6) is -0.326. The van der Waals surface area contributed by atoms with Crippen LogP contribution in [0.5, 0.6) is 0 Å². The molecule has 0 aliphatic heterocycles. The van der Waals surface area contributed by atoms with Crippen LogP contribution >= 0.6 is 0 Å². The maximum atomic E-state index is 12.6. The summed E-state index contributed by atoms with van der Waals surface area (Å²) >= 11 is 0. The zero-order chi connectivity index (χ0) is 18.4. The van der Waals surface area contributed by atoms with Crippen LogP contribution in [0.25, 0.3) is 0 Å². The molecule has 0 amide bonds. The molecule has 0 aliphatic carbocycles. The van der Waals surface area contributed by atoms with Crippen LogP contribution in [0.3, 0.4) is 0 Å². The van der Waals surface area contributed by atoms with Gasteiger partial charge < -0.3 is 0 Å². The van der Waals surface area contributed by atoms with Gasteiger partial charge in [-0.25, -0.2) is 13.1 Å². The van der Waals surface area contributed by atoms with E-state index in [0.29, 0.717) is 12.8 Å². The minimum atomic E-state index is -3.73. The second-order valence-electron chi connectivity index (χ2n) is 6.57. The molecule has 2 aromatic carbocycles. The smallest absolute Gasteiger partial charge is 0.241 e. The summed E-state index contributed by atoms with van der Waals surface area (Å²) in [7, 11) is -3.73. The van der Waals surface area contributed by atoms with Crippen LogP contribution in [0.2, 0.25) is 0 Å². The minimum absolute atomic E-state index is 0.0911. The Bertz CT molecular complexity index is 797. The first-order chi connectivity index (χ1) is 11.8. The van der Waals surface area contributed by atoms with E-state index in [1.165, 1.54) is 0 Å². The molecule has 0 bridgehead atoms. The monoisotopic (exact) mass is 359 g/mol. The number of ketones is 1. The van der Waals surface area contributed by atoms with Gasteiger partial charge in [-0.3, -0.25) is 4.79 Å². The molecule has 25 heavy (non-hydrogen) atoms. The van der Waals surface area contributed by atoms with Gasteiger partial charge in [-0.15, -0.1) is 0 Å². The summed E-state index contributed by atoms with van der Waals surface area (Å²) in [6.07, 6.45) is 1.08. The van der Waals surface area contributed by atoms with Crippen molar-refractivity contribution in [3.8, 4) is 0 Å². The maximum absolute atomic E-state index is 12.6. The number of carbonyl (C=O) groups excluding carboxylic acids is 1.